The third kappa shape index (κ3) is 6.54. The third-order valence-electron chi connectivity index (χ3n) is 6.23. The maximum absolute atomic E-state index is 12.7. The van der Waals surface area contributed by atoms with E-state index in [-0.39, 0.29) is 5.92 Å². The van der Waals surface area contributed by atoms with Crippen LogP contribution in [0.15, 0.2) is 18.5 Å². The Morgan fingerprint density at radius 1 is 1.16 bits per heavy atom. The highest BCUT2D eigenvalue weighted by molar-refractivity contribution is 5.80. The number of alkyl halides is 3. The monoisotopic (exact) mass is 458 g/mol. The molecule has 1 N–H and O–H groups in total. The van der Waals surface area contributed by atoms with Crippen LogP contribution < -0.4 is 4.90 Å². The van der Waals surface area contributed by atoms with Crippen LogP contribution in [0.3, 0.4) is 0 Å². The Hall–Kier alpha value is -2.43. The number of amides is 1. The molecule has 3 heterocycles. The van der Waals surface area contributed by atoms with Crippen molar-refractivity contribution >= 4 is 17.8 Å². The van der Waals surface area contributed by atoms with Gasteiger partial charge in [-0.1, -0.05) is 0 Å². The van der Waals surface area contributed by atoms with Crippen molar-refractivity contribution < 1.29 is 32.6 Å². The minimum Gasteiger partial charge on any atom is -0.475 e. The summed E-state index contributed by atoms with van der Waals surface area (Å²) in [5, 5.41) is 7.12. The number of halogens is 3. The largest absolute Gasteiger partial charge is 0.490 e. The highest BCUT2D eigenvalue weighted by Gasteiger charge is 2.43. The maximum atomic E-state index is 12.7. The molecule has 32 heavy (non-hydrogen) atoms. The van der Waals surface area contributed by atoms with Crippen molar-refractivity contribution in [2.45, 2.75) is 31.9 Å². The van der Waals surface area contributed by atoms with Gasteiger partial charge in [0, 0.05) is 57.5 Å². The minimum absolute atomic E-state index is 0.113. The summed E-state index contributed by atoms with van der Waals surface area (Å²) < 4.78 is 37.7. The molecule has 0 spiro atoms. The average Bonchev–Trinajstić information content (AvgIpc) is 3.58. The first-order chi connectivity index (χ1) is 15.2. The third-order valence-corrected chi connectivity index (χ3v) is 6.23. The summed E-state index contributed by atoms with van der Waals surface area (Å²) in [5.74, 6) is 0.0931. The van der Waals surface area contributed by atoms with Crippen molar-refractivity contribution in [3.8, 4) is 0 Å². The maximum Gasteiger partial charge on any atom is 0.490 e. The van der Waals surface area contributed by atoms with E-state index in [1.165, 1.54) is 12.8 Å². The number of fused-ring (bicyclic) bond motifs is 1. The fourth-order valence-corrected chi connectivity index (χ4v) is 4.36. The van der Waals surface area contributed by atoms with Gasteiger partial charge in [0.2, 0.25) is 11.9 Å². The van der Waals surface area contributed by atoms with E-state index in [0.717, 1.165) is 57.6 Å². The fraction of sp³-hybridized carbons (Fsp3) is 0.714. The number of rotatable bonds is 5. The molecule has 3 atom stereocenters. The first-order valence-corrected chi connectivity index (χ1v) is 10.8. The van der Waals surface area contributed by atoms with Crippen LogP contribution in [-0.4, -0.2) is 77.9 Å². The van der Waals surface area contributed by atoms with Crippen LogP contribution in [0.5, 0.6) is 0 Å². The van der Waals surface area contributed by atoms with Gasteiger partial charge >= 0.3 is 12.1 Å². The number of carbonyl (C=O) groups excluding carboxylic acids is 1. The van der Waals surface area contributed by atoms with E-state index >= 15 is 0 Å². The first-order valence-electron chi connectivity index (χ1n) is 10.8. The van der Waals surface area contributed by atoms with Gasteiger partial charge in [0.05, 0.1) is 6.61 Å². The van der Waals surface area contributed by atoms with E-state index in [9.17, 15) is 18.0 Å². The molecule has 11 heteroatoms. The summed E-state index contributed by atoms with van der Waals surface area (Å²) in [6, 6.07) is 1.84. The van der Waals surface area contributed by atoms with Crippen LogP contribution in [0, 0.1) is 23.7 Å². The van der Waals surface area contributed by atoms with Gasteiger partial charge in [0.1, 0.15) is 0 Å². The number of anilines is 1. The van der Waals surface area contributed by atoms with Gasteiger partial charge in [-0.2, -0.15) is 13.2 Å². The fourth-order valence-electron chi connectivity index (χ4n) is 4.36. The number of ether oxygens (including phenoxy) is 1. The molecule has 3 aliphatic rings. The Morgan fingerprint density at radius 2 is 1.78 bits per heavy atom. The number of carbonyl (C=O) groups is 2. The summed E-state index contributed by atoms with van der Waals surface area (Å²) in [5.41, 5.74) is 0. The molecule has 4 rings (SSSR count). The molecule has 3 fully saturated rings. The van der Waals surface area contributed by atoms with E-state index in [4.69, 9.17) is 14.6 Å². The van der Waals surface area contributed by atoms with Crippen molar-refractivity contribution in [3.63, 3.8) is 0 Å². The molecule has 178 valence electrons. The van der Waals surface area contributed by atoms with E-state index in [1.807, 2.05) is 18.0 Å². The second-order valence-corrected chi connectivity index (χ2v) is 8.65. The number of hydrogen-bond acceptors (Lipinski definition) is 6. The van der Waals surface area contributed by atoms with Gasteiger partial charge in [-0.3, -0.25) is 4.79 Å². The zero-order valence-electron chi connectivity index (χ0n) is 18.0. The van der Waals surface area contributed by atoms with Gasteiger partial charge < -0.3 is 19.6 Å². The normalized spacial score (nSPS) is 26.0. The first kappa shape index (κ1) is 24.2. The number of piperidine rings is 1. The van der Waals surface area contributed by atoms with Crippen LogP contribution in [0.25, 0.3) is 0 Å². The lowest BCUT2D eigenvalue weighted by Crippen LogP contribution is -2.50. The van der Waals surface area contributed by atoms with Crippen molar-refractivity contribution in [1.82, 2.24) is 14.9 Å². The zero-order valence-corrected chi connectivity index (χ0v) is 18.0. The molecule has 1 aromatic rings. The molecular formula is C21H29F3N4O4. The van der Waals surface area contributed by atoms with Gasteiger partial charge in [0.25, 0.3) is 0 Å². The highest BCUT2D eigenvalue weighted by Crippen LogP contribution is 2.37. The quantitative estimate of drug-likeness (QED) is 0.724. The predicted octanol–water partition coefficient (Wildman–Crippen LogP) is 2.46. The molecule has 1 aromatic heterocycles. The Labute approximate surface area is 184 Å². The van der Waals surface area contributed by atoms with Crippen LogP contribution >= 0.6 is 0 Å². The van der Waals surface area contributed by atoms with Gasteiger partial charge in [0.15, 0.2) is 0 Å². The molecule has 0 bridgehead atoms. The molecule has 8 nitrogen and oxygen atoms in total. The molecule has 0 unspecified atom stereocenters. The molecular weight excluding hydrogens is 429 g/mol. The van der Waals surface area contributed by atoms with E-state index in [2.05, 4.69) is 14.9 Å². The number of aromatic nitrogens is 2. The number of likely N-dealkylation sites (tertiary alicyclic amines) is 1. The van der Waals surface area contributed by atoms with E-state index in [1.54, 1.807) is 12.4 Å². The molecule has 2 saturated heterocycles. The lowest BCUT2D eigenvalue weighted by atomic mass is 9.75. The number of carboxylic acids is 1. The molecule has 0 aromatic carbocycles. The van der Waals surface area contributed by atoms with Crippen molar-refractivity contribution in [2.75, 3.05) is 44.8 Å². The Balaban J connectivity index is 0.000000360. The number of aliphatic carboxylic acids is 1. The predicted molar refractivity (Wildman–Crippen MR) is 109 cm³/mol. The Morgan fingerprint density at radius 3 is 2.38 bits per heavy atom. The summed E-state index contributed by atoms with van der Waals surface area (Å²) >= 11 is 0. The number of carboxylic acid groups (broad SMARTS) is 1. The van der Waals surface area contributed by atoms with Crippen LogP contribution in [0.2, 0.25) is 0 Å². The second-order valence-electron chi connectivity index (χ2n) is 8.65. The lowest BCUT2D eigenvalue weighted by molar-refractivity contribution is -0.192. The summed E-state index contributed by atoms with van der Waals surface area (Å²) in [6.07, 6.45) is 3.02. The van der Waals surface area contributed by atoms with Gasteiger partial charge in [-0.15, -0.1) is 0 Å². The van der Waals surface area contributed by atoms with Crippen molar-refractivity contribution in [2.24, 2.45) is 23.7 Å². The highest BCUT2D eigenvalue weighted by atomic mass is 19.4. The topological polar surface area (TPSA) is 95.9 Å². The standard InChI is InChI=1S/C19H28N4O2.C2HF3O2/c1-22-11-15(13-25-12-14-3-4-14)16-5-9-23(10-6-17(16)18(22)24)19-20-7-2-8-21-19;3-2(4,5)1(6)7/h2,7-8,14-17H,3-6,9-13H2,1H3;(H,6,7)/t15-,16-,17-;/m1./s1. The van der Waals surface area contributed by atoms with Crippen LogP contribution in [0.1, 0.15) is 25.7 Å². The molecule has 1 saturated carbocycles. The summed E-state index contributed by atoms with van der Waals surface area (Å²) in [7, 11) is 1.94. The Bertz CT molecular complexity index is 776. The SMILES string of the molecule is CN1C[C@H](COCC2CC2)[C@H]2CCN(c3ncccn3)CC[C@H]2C1=O.O=C(O)C(F)(F)F. The Kier molecular flexibility index (Phi) is 7.91. The zero-order chi connectivity index (χ0) is 23.3. The van der Waals surface area contributed by atoms with Crippen LogP contribution in [-0.2, 0) is 14.3 Å². The molecule has 2 aliphatic heterocycles. The molecule has 1 aliphatic carbocycles. The smallest absolute Gasteiger partial charge is 0.475 e. The average molecular weight is 458 g/mol. The summed E-state index contributed by atoms with van der Waals surface area (Å²) in [6.45, 7) is 4.28. The van der Waals surface area contributed by atoms with E-state index < -0.39 is 12.1 Å². The second kappa shape index (κ2) is 10.5. The molecule has 1 amide bonds. The van der Waals surface area contributed by atoms with E-state index in [0.29, 0.717) is 17.7 Å². The minimum atomic E-state index is -5.08. The van der Waals surface area contributed by atoms with Crippen molar-refractivity contribution in [3.05, 3.63) is 18.5 Å². The summed E-state index contributed by atoms with van der Waals surface area (Å²) in [4.78, 5) is 34.5. The van der Waals surface area contributed by atoms with Gasteiger partial charge in [-0.05, 0) is 43.6 Å². The lowest BCUT2D eigenvalue weighted by Gasteiger charge is -2.41. The number of hydrogen-bond donors (Lipinski definition) is 1. The number of nitrogens with zero attached hydrogens (tertiary/aromatic N) is 4. The van der Waals surface area contributed by atoms with Crippen LogP contribution in [0.4, 0.5) is 19.1 Å². The van der Waals surface area contributed by atoms with Gasteiger partial charge in [-0.25, -0.2) is 14.8 Å². The van der Waals surface area contributed by atoms with Crippen molar-refractivity contribution in [1.29, 1.82) is 0 Å². The molecule has 0 radical (unpaired) electrons.